The largest absolute Gasteiger partial charge is 0.486 e. The quantitative estimate of drug-likeness (QED) is 0.486. The molecule has 9 nitrogen and oxygen atoms in total. The first-order chi connectivity index (χ1) is 14.3. The number of carbonyl (C=O) groups excluding carboxylic acids is 2. The van der Waals surface area contributed by atoms with Crippen molar-refractivity contribution in [3.8, 4) is 5.75 Å². The molecular formula is C20H19N3O6S. The van der Waals surface area contributed by atoms with Crippen LogP contribution in [-0.2, 0) is 27.8 Å². The maximum absolute atomic E-state index is 12.1. The molecule has 3 rings (SSSR count). The van der Waals surface area contributed by atoms with Crippen LogP contribution in [0.2, 0.25) is 0 Å². The Labute approximate surface area is 172 Å². The summed E-state index contributed by atoms with van der Waals surface area (Å²) in [5, 5.41) is 5.02. The molecule has 0 bridgehead atoms. The molecule has 2 amide bonds. The zero-order chi connectivity index (χ0) is 21.6. The first-order valence-electron chi connectivity index (χ1n) is 8.79. The predicted octanol–water partition coefficient (Wildman–Crippen LogP) is 1.51. The monoisotopic (exact) mass is 429 g/mol. The van der Waals surface area contributed by atoms with Crippen LogP contribution < -0.4 is 20.7 Å². The molecule has 0 spiro atoms. The molecule has 3 aromatic rings. The Morgan fingerprint density at radius 2 is 1.63 bits per heavy atom. The molecule has 0 atom stereocenters. The lowest BCUT2D eigenvalue weighted by Gasteiger charge is -2.07. The standard InChI is InChI=1S/C20H19N3O6S/c21-30(26,27)17-9-6-14(7-10-17)12-19(24)22-23-20(25)18-11-8-16(29-18)13-28-15-4-2-1-3-5-15/h1-11H,12-13H2,(H,22,24)(H,23,25)(H2,21,26,27). The van der Waals surface area contributed by atoms with Gasteiger partial charge in [-0.2, -0.15) is 0 Å². The van der Waals surface area contributed by atoms with E-state index < -0.39 is 21.8 Å². The van der Waals surface area contributed by atoms with Crippen molar-refractivity contribution in [3.05, 3.63) is 83.8 Å². The highest BCUT2D eigenvalue weighted by atomic mass is 32.2. The van der Waals surface area contributed by atoms with Crippen molar-refractivity contribution in [2.24, 2.45) is 5.14 Å². The molecular weight excluding hydrogens is 410 g/mol. The summed E-state index contributed by atoms with van der Waals surface area (Å²) in [6.45, 7) is 0.151. The van der Waals surface area contributed by atoms with Crippen molar-refractivity contribution in [2.75, 3.05) is 0 Å². The first-order valence-corrected chi connectivity index (χ1v) is 10.3. The van der Waals surface area contributed by atoms with Crippen molar-refractivity contribution >= 4 is 21.8 Å². The number of nitrogens with two attached hydrogens (primary N) is 1. The smallest absolute Gasteiger partial charge is 0.305 e. The lowest BCUT2D eigenvalue weighted by molar-refractivity contribution is -0.121. The number of nitrogens with one attached hydrogen (secondary N) is 2. The topological polar surface area (TPSA) is 141 Å². The zero-order valence-corrected chi connectivity index (χ0v) is 16.5. The number of hydrazine groups is 1. The Kier molecular flexibility index (Phi) is 6.50. The fourth-order valence-electron chi connectivity index (χ4n) is 2.46. The number of furan rings is 1. The van der Waals surface area contributed by atoms with Gasteiger partial charge in [0.2, 0.25) is 15.9 Å². The van der Waals surface area contributed by atoms with Gasteiger partial charge < -0.3 is 9.15 Å². The molecule has 1 heterocycles. The van der Waals surface area contributed by atoms with Crippen LogP contribution in [0.3, 0.4) is 0 Å². The van der Waals surface area contributed by atoms with Gasteiger partial charge in [0.05, 0.1) is 11.3 Å². The van der Waals surface area contributed by atoms with Gasteiger partial charge in [-0.3, -0.25) is 20.4 Å². The van der Waals surface area contributed by atoms with Crippen molar-refractivity contribution in [1.29, 1.82) is 0 Å². The number of benzene rings is 2. The number of sulfonamides is 1. The summed E-state index contributed by atoms with van der Waals surface area (Å²) in [6, 6.07) is 17.8. The van der Waals surface area contributed by atoms with Crippen LogP contribution in [0.25, 0.3) is 0 Å². The third-order valence-corrected chi connectivity index (χ3v) is 4.87. The number of hydrogen-bond acceptors (Lipinski definition) is 6. The number of carbonyl (C=O) groups is 2. The number of amides is 2. The Morgan fingerprint density at radius 3 is 2.30 bits per heavy atom. The zero-order valence-electron chi connectivity index (χ0n) is 15.7. The predicted molar refractivity (Wildman–Crippen MR) is 107 cm³/mol. The van der Waals surface area contributed by atoms with Crippen LogP contribution in [0.5, 0.6) is 5.75 Å². The van der Waals surface area contributed by atoms with E-state index in [9.17, 15) is 18.0 Å². The summed E-state index contributed by atoms with van der Waals surface area (Å²) in [6.07, 6.45) is -0.0699. The third-order valence-electron chi connectivity index (χ3n) is 3.94. The minimum atomic E-state index is -3.80. The van der Waals surface area contributed by atoms with Gasteiger partial charge in [-0.1, -0.05) is 30.3 Å². The molecule has 0 saturated carbocycles. The van der Waals surface area contributed by atoms with Gasteiger partial charge in [0, 0.05) is 0 Å². The molecule has 10 heteroatoms. The average molecular weight is 429 g/mol. The molecule has 2 aromatic carbocycles. The summed E-state index contributed by atoms with van der Waals surface area (Å²) in [7, 11) is -3.80. The van der Waals surface area contributed by atoms with E-state index in [0.29, 0.717) is 17.1 Å². The molecule has 1 aromatic heterocycles. The van der Waals surface area contributed by atoms with Gasteiger partial charge in [0.15, 0.2) is 5.76 Å². The number of primary sulfonamides is 1. The van der Waals surface area contributed by atoms with Crippen molar-refractivity contribution in [2.45, 2.75) is 17.9 Å². The van der Waals surface area contributed by atoms with E-state index in [4.69, 9.17) is 14.3 Å². The van der Waals surface area contributed by atoms with E-state index >= 15 is 0 Å². The lowest BCUT2D eigenvalue weighted by atomic mass is 10.1. The molecule has 0 fully saturated rings. The molecule has 4 N–H and O–H groups in total. The second kappa shape index (κ2) is 9.25. The van der Waals surface area contributed by atoms with Crippen LogP contribution >= 0.6 is 0 Å². The Balaban J connectivity index is 1.47. The molecule has 30 heavy (non-hydrogen) atoms. The average Bonchev–Trinajstić information content (AvgIpc) is 3.20. The van der Waals surface area contributed by atoms with Crippen molar-refractivity contribution in [3.63, 3.8) is 0 Å². The summed E-state index contributed by atoms with van der Waals surface area (Å²) in [4.78, 5) is 24.0. The van der Waals surface area contributed by atoms with E-state index in [0.717, 1.165) is 0 Å². The van der Waals surface area contributed by atoms with Crippen molar-refractivity contribution < 1.29 is 27.2 Å². The van der Waals surface area contributed by atoms with Gasteiger partial charge >= 0.3 is 5.91 Å². The van der Waals surface area contributed by atoms with Crippen molar-refractivity contribution in [1.82, 2.24) is 10.9 Å². The fraction of sp³-hybridized carbons (Fsp3) is 0.100. The van der Waals surface area contributed by atoms with Crippen LogP contribution in [0.15, 0.2) is 76.0 Å². The maximum atomic E-state index is 12.1. The lowest BCUT2D eigenvalue weighted by Crippen LogP contribution is -2.42. The second-order valence-corrected chi connectivity index (χ2v) is 7.80. The SMILES string of the molecule is NS(=O)(=O)c1ccc(CC(=O)NNC(=O)c2ccc(COc3ccccc3)o2)cc1. The third kappa shape index (κ3) is 5.93. The normalized spacial score (nSPS) is 11.0. The Bertz CT molecular complexity index is 1120. The van der Waals surface area contributed by atoms with Crippen LogP contribution in [0.1, 0.15) is 21.9 Å². The molecule has 0 radical (unpaired) electrons. The van der Waals surface area contributed by atoms with E-state index in [1.54, 1.807) is 18.2 Å². The van der Waals surface area contributed by atoms with E-state index in [2.05, 4.69) is 10.9 Å². The Morgan fingerprint density at radius 1 is 0.933 bits per heavy atom. The van der Waals surface area contributed by atoms with E-state index in [-0.39, 0.29) is 23.7 Å². The summed E-state index contributed by atoms with van der Waals surface area (Å²) >= 11 is 0. The number of para-hydroxylation sites is 1. The molecule has 0 unspecified atom stereocenters. The molecule has 0 saturated heterocycles. The van der Waals surface area contributed by atoms with Crippen LogP contribution in [-0.4, -0.2) is 20.2 Å². The van der Waals surface area contributed by atoms with Crippen LogP contribution in [0.4, 0.5) is 0 Å². The number of hydrogen-bond donors (Lipinski definition) is 3. The summed E-state index contributed by atoms with van der Waals surface area (Å²) in [5.74, 6) is 0.0128. The van der Waals surface area contributed by atoms with Crippen LogP contribution in [0, 0.1) is 0 Å². The van der Waals surface area contributed by atoms with E-state index in [1.807, 2.05) is 18.2 Å². The van der Waals surface area contributed by atoms with Gasteiger partial charge in [-0.15, -0.1) is 0 Å². The first kappa shape index (κ1) is 21.1. The maximum Gasteiger partial charge on any atom is 0.305 e. The minimum absolute atomic E-state index is 0.0134. The summed E-state index contributed by atoms with van der Waals surface area (Å²) < 4.78 is 33.4. The Hall–Kier alpha value is -3.63. The number of rotatable bonds is 7. The minimum Gasteiger partial charge on any atom is -0.486 e. The highest BCUT2D eigenvalue weighted by Crippen LogP contribution is 2.14. The van der Waals surface area contributed by atoms with Gasteiger partial charge in [-0.25, -0.2) is 13.6 Å². The number of ether oxygens (including phenoxy) is 1. The van der Waals surface area contributed by atoms with Gasteiger partial charge in [-0.05, 0) is 42.0 Å². The van der Waals surface area contributed by atoms with Gasteiger partial charge in [0.1, 0.15) is 18.1 Å². The summed E-state index contributed by atoms with van der Waals surface area (Å²) in [5.41, 5.74) is 5.07. The molecule has 0 aliphatic carbocycles. The second-order valence-electron chi connectivity index (χ2n) is 6.24. The van der Waals surface area contributed by atoms with Gasteiger partial charge in [0.25, 0.3) is 0 Å². The van der Waals surface area contributed by atoms with E-state index in [1.165, 1.54) is 30.3 Å². The molecule has 0 aliphatic heterocycles. The molecule has 156 valence electrons. The molecule has 0 aliphatic rings. The highest BCUT2D eigenvalue weighted by Gasteiger charge is 2.13. The highest BCUT2D eigenvalue weighted by molar-refractivity contribution is 7.89. The fourth-order valence-corrected chi connectivity index (χ4v) is 2.98.